The minimum atomic E-state index is -0.470. The van der Waals surface area contributed by atoms with Gasteiger partial charge in [-0.25, -0.2) is 4.79 Å². The number of aryl methyl sites for hydroxylation is 1. The molecule has 0 aromatic carbocycles. The maximum Gasteiger partial charge on any atom is 0.355 e. The van der Waals surface area contributed by atoms with Crippen molar-refractivity contribution < 1.29 is 14.3 Å². The van der Waals surface area contributed by atoms with E-state index in [-0.39, 0.29) is 18.6 Å². The molecule has 0 unspecified atom stereocenters. The van der Waals surface area contributed by atoms with Gasteiger partial charge in [0.1, 0.15) is 5.69 Å². The lowest BCUT2D eigenvalue weighted by molar-refractivity contribution is -0.125. The molecule has 1 heterocycles. The molecule has 1 saturated carbocycles. The van der Waals surface area contributed by atoms with Gasteiger partial charge in [0, 0.05) is 19.3 Å². The Hall–Kier alpha value is -1.78. The number of nitrogens with one attached hydrogen (secondary N) is 1. The molecule has 0 bridgehead atoms. The molecule has 116 valence electrons. The smallest absolute Gasteiger partial charge is 0.355 e. The first kappa shape index (κ1) is 15.6. The molecule has 5 heteroatoms. The van der Waals surface area contributed by atoms with E-state index in [1.807, 2.05) is 0 Å². The van der Waals surface area contributed by atoms with Gasteiger partial charge in [0.2, 0.25) is 0 Å². The zero-order valence-corrected chi connectivity index (χ0v) is 13.0. The Balaban J connectivity index is 1.80. The number of rotatable bonds is 4. The molecule has 1 aliphatic rings. The molecule has 0 aliphatic heterocycles. The Kier molecular flexibility index (Phi) is 5.04. The van der Waals surface area contributed by atoms with Gasteiger partial charge in [0.05, 0.1) is 0 Å². The highest BCUT2D eigenvalue weighted by Gasteiger charge is 2.28. The van der Waals surface area contributed by atoms with Crippen LogP contribution < -0.4 is 5.32 Å². The minimum Gasteiger partial charge on any atom is -0.451 e. The van der Waals surface area contributed by atoms with E-state index < -0.39 is 5.97 Å². The van der Waals surface area contributed by atoms with E-state index in [4.69, 9.17) is 4.74 Å². The fourth-order valence-corrected chi connectivity index (χ4v) is 2.91. The van der Waals surface area contributed by atoms with E-state index in [0.717, 1.165) is 12.8 Å². The summed E-state index contributed by atoms with van der Waals surface area (Å²) in [5.74, 6) is 0.396. The average Bonchev–Trinajstić information content (AvgIpc) is 2.87. The fourth-order valence-electron chi connectivity index (χ4n) is 2.91. The van der Waals surface area contributed by atoms with Gasteiger partial charge in [-0.3, -0.25) is 4.79 Å². The van der Waals surface area contributed by atoms with Crippen LogP contribution in [0.3, 0.4) is 0 Å². The third-order valence-corrected chi connectivity index (χ3v) is 4.54. The van der Waals surface area contributed by atoms with Crippen LogP contribution in [0.2, 0.25) is 0 Å². The Morgan fingerprint density at radius 1 is 1.38 bits per heavy atom. The van der Waals surface area contributed by atoms with Crippen LogP contribution in [0.5, 0.6) is 0 Å². The van der Waals surface area contributed by atoms with Crippen molar-refractivity contribution in [2.75, 3.05) is 6.61 Å². The molecule has 0 spiro atoms. The number of esters is 1. The molecule has 3 atom stereocenters. The van der Waals surface area contributed by atoms with Crippen molar-refractivity contribution in [1.82, 2.24) is 9.88 Å². The highest BCUT2D eigenvalue weighted by molar-refractivity contribution is 5.89. The number of nitrogens with zero attached hydrogens (tertiary/aromatic N) is 1. The first-order valence-corrected chi connectivity index (χ1v) is 7.57. The standard InChI is InChI=1S/C16H24N2O3/c1-11-6-4-7-13(12(11)2)17-15(19)10-21-16(20)14-8-5-9-18(14)3/h5,8-9,11-13H,4,6-7,10H2,1-3H3,(H,17,19)/t11-,12-,13+/m1/s1. The van der Waals surface area contributed by atoms with E-state index in [1.165, 1.54) is 6.42 Å². The zero-order valence-electron chi connectivity index (χ0n) is 13.0. The Morgan fingerprint density at radius 2 is 2.14 bits per heavy atom. The molecule has 1 aromatic rings. The first-order chi connectivity index (χ1) is 9.99. The topological polar surface area (TPSA) is 60.3 Å². The lowest BCUT2D eigenvalue weighted by Gasteiger charge is -2.34. The second-order valence-corrected chi connectivity index (χ2v) is 6.02. The van der Waals surface area contributed by atoms with Crippen molar-refractivity contribution in [2.24, 2.45) is 18.9 Å². The van der Waals surface area contributed by atoms with Crippen LogP contribution in [0, 0.1) is 11.8 Å². The van der Waals surface area contributed by atoms with Crippen LogP contribution in [0.4, 0.5) is 0 Å². The molecule has 1 fully saturated rings. The second kappa shape index (κ2) is 6.78. The molecule has 0 radical (unpaired) electrons. The highest BCUT2D eigenvalue weighted by Crippen LogP contribution is 2.29. The van der Waals surface area contributed by atoms with Crippen molar-refractivity contribution in [2.45, 2.75) is 39.2 Å². The number of ether oxygens (including phenoxy) is 1. The summed E-state index contributed by atoms with van der Waals surface area (Å²) in [6, 6.07) is 3.63. The largest absolute Gasteiger partial charge is 0.451 e. The quantitative estimate of drug-likeness (QED) is 0.865. The van der Waals surface area contributed by atoms with Crippen LogP contribution in [0.15, 0.2) is 18.3 Å². The van der Waals surface area contributed by atoms with Gasteiger partial charge in [-0.2, -0.15) is 0 Å². The van der Waals surface area contributed by atoms with Crippen LogP contribution in [0.1, 0.15) is 43.6 Å². The molecule has 1 aromatic heterocycles. The molecule has 0 saturated heterocycles. The third-order valence-electron chi connectivity index (χ3n) is 4.54. The van der Waals surface area contributed by atoms with Gasteiger partial charge >= 0.3 is 5.97 Å². The summed E-state index contributed by atoms with van der Waals surface area (Å²) < 4.78 is 6.73. The van der Waals surface area contributed by atoms with Crippen LogP contribution in [0.25, 0.3) is 0 Å². The van der Waals surface area contributed by atoms with E-state index in [9.17, 15) is 9.59 Å². The summed E-state index contributed by atoms with van der Waals surface area (Å²) >= 11 is 0. The van der Waals surface area contributed by atoms with Gasteiger partial charge in [-0.15, -0.1) is 0 Å². The Bertz CT molecular complexity index is 509. The monoisotopic (exact) mass is 292 g/mol. The molecule has 21 heavy (non-hydrogen) atoms. The number of amides is 1. The number of carbonyl (C=O) groups excluding carboxylic acids is 2. The number of hydrogen-bond acceptors (Lipinski definition) is 3. The lowest BCUT2D eigenvalue weighted by atomic mass is 9.78. The summed E-state index contributed by atoms with van der Waals surface area (Å²) in [5.41, 5.74) is 0.447. The predicted molar refractivity (Wildman–Crippen MR) is 79.8 cm³/mol. The van der Waals surface area contributed by atoms with Gasteiger partial charge in [-0.05, 0) is 30.4 Å². The van der Waals surface area contributed by atoms with E-state index in [2.05, 4.69) is 19.2 Å². The number of carbonyl (C=O) groups is 2. The van der Waals surface area contributed by atoms with Gasteiger partial charge in [-0.1, -0.05) is 26.7 Å². The normalized spacial score (nSPS) is 25.4. The van der Waals surface area contributed by atoms with Crippen molar-refractivity contribution in [3.05, 3.63) is 24.0 Å². The zero-order chi connectivity index (χ0) is 15.4. The minimum absolute atomic E-state index is 0.190. The van der Waals surface area contributed by atoms with Gasteiger partial charge in [0.15, 0.2) is 6.61 Å². The molecule has 1 aliphatic carbocycles. The van der Waals surface area contributed by atoms with Crippen LogP contribution in [-0.2, 0) is 16.6 Å². The third kappa shape index (κ3) is 3.86. The lowest BCUT2D eigenvalue weighted by Crippen LogP contribution is -2.45. The van der Waals surface area contributed by atoms with Crippen molar-refractivity contribution >= 4 is 11.9 Å². The molecule has 2 rings (SSSR count). The molecule has 1 N–H and O–H groups in total. The van der Waals surface area contributed by atoms with Crippen LogP contribution >= 0.6 is 0 Å². The summed E-state index contributed by atoms with van der Waals surface area (Å²) in [7, 11) is 1.77. The van der Waals surface area contributed by atoms with E-state index in [1.54, 1.807) is 29.9 Å². The van der Waals surface area contributed by atoms with E-state index >= 15 is 0 Å². The number of hydrogen-bond donors (Lipinski definition) is 1. The summed E-state index contributed by atoms with van der Waals surface area (Å²) in [6.45, 7) is 4.17. The predicted octanol–water partition coefficient (Wildman–Crippen LogP) is 2.12. The molecule has 1 amide bonds. The van der Waals surface area contributed by atoms with Crippen molar-refractivity contribution in [3.63, 3.8) is 0 Å². The number of aromatic nitrogens is 1. The Labute approximate surface area is 125 Å². The second-order valence-electron chi connectivity index (χ2n) is 6.02. The fraction of sp³-hybridized carbons (Fsp3) is 0.625. The maximum atomic E-state index is 11.9. The molecular formula is C16H24N2O3. The maximum absolute atomic E-state index is 11.9. The molecular weight excluding hydrogens is 268 g/mol. The van der Waals surface area contributed by atoms with Crippen LogP contribution in [-0.4, -0.2) is 29.1 Å². The van der Waals surface area contributed by atoms with Crippen molar-refractivity contribution in [1.29, 1.82) is 0 Å². The van der Waals surface area contributed by atoms with Crippen molar-refractivity contribution in [3.8, 4) is 0 Å². The first-order valence-electron chi connectivity index (χ1n) is 7.57. The Morgan fingerprint density at radius 3 is 2.81 bits per heavy atom. The highest BCUT2D eigenvalue weighted by atomic mass is 16.5. The summed E-state index contributed by atoms with van der Waals surface area (Å²) in [6.07, 6.45) is 5.13. The van der Waals surface area contributed by atoms with Gasteiger partial charge < -0.3 is 14.6 Å². The SMILES string of the molecule is C[C@@H]1[C@H](C)CCC[C@@H]1NC(=O)COC(=O)c1cccn1C. The summed E-state index contributed by atoms with van der Waals surface area (Å²) in [5, 5.41) is 2.99. The summed E-state index contributed by atoms with van der Waals surface area (Å²) in [4.78, 5) is 23.7. The average molecular weight is 292 g/mol. The molecule has 5 nitrogen and oxygen atoms in total. The van der Waals surface area contributed by atoms with E-state index in [0.29, 0.717) is 17.5 Å². The van der Waals surface area contributed by atoms with Gasteiger partial charge in [0.25, 0.3) is 5.91 Å².